The lowest BCUT2D eigenvalue weighted by Gasteiger charge is -2.43. The molecule has 0 aromatic heterocycles. The average molecular weight is 547 g/mol. The molecular weight excluding hydrogens is 518 g/mol. The van der Waals surface area contributed by atoms with Crippen LogP contribution in [0.4, 0.5) is 14.5 Å². The minimum atomic E-state index is -0.898. The molecule has 1 spiro atoms. The van der Waals surface area contributed by atoms with E-state index in [9.17, 15) is 28.4 Å². The molecule has 3 amide bonds. The summed E-state index contributed by atoms with van der Waals surface area (Å²) in [6, 6.07) is 7.95. The molecule has 0 radical (unpaired) electrons. The highest BCUT2D eigenvalue weighted by Gasteiger charge is 2.53. The first-order valence-corrected chi connectivity index (χ1v) is 13.2. The summed E-state index contributed by atoms with van der Waals surface area (Å²) in [7, 11) is 0. The molecule has 1 aliphatic carbocycles. The number of amidine groups is 1. The predicted molar refractivity (Wildman–Crippen MR) is 142 cm³/mol. The first-order valence-electron chi connectivity index (χ1n) is 13.2. The second-order valence-electron chi connectivity index (χ2n) is 11.5. The normalized spacial score (nSPS) is 24.7. The van der Waals surface area contributed by atoms with Gasteiger partial charge in [0.1, 0.15) is 18.2 Å². The summed E-state index contributed by atoms with van der Waals surface area (Å²) in [5.41, 5.74) is 1.70. The Hall–Kier alpha value is -4.18. The number of hydrogen-bond donors (Lipinski definition) is 2. The van der Waals surface area contributed by atoms with E-state index >= 15 is 0 Å². The number of allylic oxidation sites excluding steroid dienone is 2. The summed E-state index contributed by atoms with van der Waals surface area (Å²) in [4.78, 5) is 45.0. The number of nitrogens with one attached hydrogen (secondary N) is 1. The second-order valence-corrected chi connectivity index (χ2v) is 11.5. The van der Waals surface area contributed by atoms with Crippen molar-refractivity contribution in [2.24, 2.45) is 15.8 Å². The van der Waals surface area contributed by atoms with Crippen molar-refractivity contribution in [2.75, 3.05) is 11.9 Å². The number of hydroxylamine groups is 2. The summed E-state index contributed by atoms with van der Waals surface area (Å²) in [5, 5.41) is 13.8. The summed E-state index contributed by atoms with van der Waals surface area (Å²) in [5.74, 6) is -2.27. The topological polar surface area (TPSA) is 102 Å². The van der Waals surface area contributed by atoms with Gasteiger partial charge >= 0.3 is 0 Å². The third-order valence-electron chi connectivity index (χ3n) is 8.40. The van der Waals surface area contributed by atoms with Gasteiger partial charge in [-0.15, -0.1) is 0 Å². The number of aliphatic imine (C=N–C) groups is 1. The van der Waals surface area contributed by atoms with E-state index in [1.54, 1.807) is 32.1 Å². The summed E-state index contributed by atoms with van der Waals surface area (Å²) in [6.45, 7) is 3.31. The number of hydrogen-bond acceptors (Lipinski definition) is 5. The molecule has 0 bridgehead atoms. The fourth-order valence-electron chi connectivity index (χ4n) is 6.33. The minimum absolute atomic E-state index is 0.232. The highest BCUT2D eigenvalue weighted by Crippen LogP contribution is 2.49. The monoisotopic (exact) mass is 546 g/mol. The Morgan fingerprint density at radius 2 is 1.82 bits per heavy atom. The molecule has 3 aliphatic heterocycles. The lowest BCUT2D eigenvalue weighted by atomic mass is 9.77. The lowest BCUT2D eigenvalue weighted by Crippen LogP contribution is -2.50. The van der Waals surface area contributed by atoms with Gasteiger partial charge in [0.15, 0.2) is 5.84 Å². The van der Waals surface area contributed by atoms with Gasteiger partial charge < -0.3 is 10.2 Å². The molecule has 8 nitrogen and oxygen atoms in total. The third-order valence-corrected chi connectivity index (χ3v) is 8.40. The summed E-state index contributed by atoms with van der Waals surface area (Å²) in [6.07, 6.45) is 6.67. The van der Waals surface area contributed by atoms with E-state index in [0.29, 0.717) is 42.5 Å². The van der Waals surface area contributed by atoms with Gasteiger partial charge in [-0.2, -0.15) is 4.99 Å². The van der Waals surface area contributed by atoms with Gasteiger partial charge in [0.05, 0.1) is 11.5 Å². The van der Waals surface area contributed by atoms with Crippen LogP contribution < -0.4 is 5.32 Å². The molecule has 3 heterocycles. The first-order chi connectivity index (χ1) is 19.0. The third kappa shape index (κ3) is 4.23. The van der Waals surface area contributed by atoms with Crippen LogP contribution in [0, 0.1) is 22.5 Å². The van der Waals surface area contributed by atoms with Crippen LogP contribution in [0.5, 0.6) is 0 Å². The largest absolute Gasteiger partial charge is 0.326 e. The Balaban J connectivity index is 1.21. The zero-order valence-electron chi connectivity index (χ0n) is 22.1. The van der Waals surface area contributed by atoms with E-state index in [2.05, 4.69) is 10.3 Å². The SMILES string of the molecule is CC1(C)CC[C@@H](c2cc(F)cc(F)c2)N(CC(=O)Nc2ccc3c(c2)C[C@@]2(C3)C(=O)N=C3C2=CC=CN3O)C1=O. The molecular formula is C30H28F2N4O4. The fourth-order valence-corrected chi connectivity index (χ4v) is 6.33. The van der Waals surface area contributed by atoms with Crippen molar-refractivity contribution < 1.29 is 28.4 Å². The maximum absolute atomic E-state index is 14.0. The number of nitrogens with zero attached hydrogens (tertiary/aromatic N) is 3. The predicted octanol–water partition coefficient (Wildman–Crippen LogP) is 4.46. The van der Waals surface area contributed by atoms with Crippen LogP contribution in [0.15, 0.2) is 65.3 Å². The number of halogens is 2. The van der Waals surface area contributed by atoms with Gasteiger partial charge in [-0.3, -0.25) is 19.6 Å². The molecule has 1 saturated heterocycles. The molecule has 2 N–H and O–H groups in total. The molecule has 206 valence electrons. The van der Waals surface area contributed by atoms with Gasteiger partial charge in [-0.1, -0.05) is 26.0 Å². The minimum Gasteiger partial charge on any atom is -0.326 e. The quantitative estimate of drug-likeness (QED) is 0.590. The van der Waals surface area contributed by atoms with E-state index in [1.807, 2.05) is 12.1 Å². The summed E-state index contributed by atoms with van der Waals surface area (Å²) < 4.78 is 28.0. The number of carbonyl (C=O) groups excluding carboxylic acids is 3. The highest BCUT2D eigenvalue weighted by atomic mass is 19.1. The molecule has 10 heteroatoms. The number of anilines is 1. The maximum Gasteiger partial charge on any atom is 0.259 e. The van der Waals surface area contributed by atoms with Crippen molar-refractivity contribution in [3.63, 3.8) is 0 Å². The summed E-state index contributed by atoms with van der Waals surface area (Å²) >= 11 is 0. The van der Waals surface area contributed by atoms with Gasteiger partial charge in [0, 0.05) is 28.9 Å². The lowest BCUT2D eigenvalue weighted by molar-refractivity contribution is -0.150. The maximum atomic E-state index is 14.0. The number of benzene rings is 2. The molecule has 2 atom stereocenters. The molecule has 6 rings (SSSR count). The first kappa shape index (κ1) is 26.1. The molecule has 4 aliphatic rings. The highest BCUT2D eigenvalue weighted by molar-refractivity contribution is 6.17. The Kier molecular flexibility index (Phi) is 5.99. The molecule has 2 aromatic rings. The van der Waals surface area contributed by atoms with Gasteiger partial charge in [0.2, 0.25) is 11.8 Å². The number of likely N-dealkylation sites (tertiary alicyclic amines) is 1. The van der Waals surface area contributed by atoms with Crippen LogP contribution in [-0.2, 0) is 27.2 Å². The molecule has 0 unspecified atom stereocenters. The molecule has 1 fully saturated rings. The molecule has 2 aromatic carbocycles. The van der Waals surface area contributed by atoms with Crippen molar-refractivity contribution in [3.05, 3.63) is 88.6 Å². The van der Waals surface area contributed by atoms with Gasteiger partial charge in [0.25, 0.3) is 5.91 Å². The van der Waals surface area contributed by atoms with Gasteiger partial charge in [-0.25, -0.2) is 13.8 Å². The van der Waals surface area contributed by atoms with Crippen LogP contribution >= 0.6 is 0 Å². The van der Waals surface area contributed by atoms with E-state index in [1.165, 1.54) is 23.2 Å². The van der Waals surface area contributed by atoms with Gasteiger partial charge in [-0.05, 0) is 72.7 Å². The number of fused-ring (bicyclic) bond motifs is 3. The number of carbonyl (C=O) groups is 3. The van der Waals surface area contributed by atoms with Crippen molar-refractivity contribution in [2.45, 2.75) is 45.6 Å². The van der Waals surface area contributed by atoms with Crippen molar-refractivity contribution in [3.8, 4) is 0 Å². The van der Waals surface area contributed by atoms with Crippen molar-refractivity contribution in [1.82, 2.24) is 9.96 Å². The van der Waals surface area contributed by atoms with Crippen molar-refractivity contribution in [1.29, 1.82) is 0 Å². The van der Waals surface area contributed by atoms with Crippen LogP contribution in [0.1, 0.15) is 49.4 Å². The zero-order chi connectivity index (χ0) is 28.4. The smallest absolute Gasteiger partial charge is 0.259 e. The second kappa shape index (κ2) is 9.19. The zero-order valence-corrected chi connectivity index (χ0v) is 22.1. The van der Waals surface area contributed by atoms with E-state index in [4.69, 9.17) is 0 Å². The van der Waals surface area contributed by atoms with E-state index in [0.717, 1.165) is 22.3 Å². The Morgan fingerprint density at radius 3 is 2.58 bits per heavy atom. The van der Waals surface area contributed by atoms with Crippen LogP contribution in [0.2, 0.25) is 0 Å². The van der Waals surface area contributed by atoms with E-state index < -0.39 is 34.4 Å². The van der Waals surface area contributed by atoms with Crippen LogP contribution in [0.25, 0.3) is 0 Å². The average Bonchev–Trinajstić information content (AvgIpc) is 3.39. The van der Waals surface area contributed by atoms with Crippen LogP contribution in [-0.4, -0.2) is 45.3 Å². The fraction of sp³-hybridized carbons (Fsp3) is 0.333. The Morgan fingerprint density at radius 1 is 1.10 bits per heavy atom. The van der Waals surface area contributed by atoms with E-state index in [-0.39, 0.29) is 24.2 Å². The van der Waals surface area contributed by atoms with Crippen LogP contribution in [0.3, 0.4) is 0 Å². The Labute approximate surface area is 229 Å². The number of piperidine rings is 1. The number of amides is 3. The Bertz CT molecular complexity index is 1540. The molecule has 0 saturated carbocycles. The number of rotatable bonds is 4. The molecule has 40 heavy (non-hydrogen) atoms. The standard InChI is InChI=1S/C30H28F2N4O4/c1-29(2)8-7-24(18-10-20(31)13-21(32)11-18)35(28(29)39)16-25(37)33-22-6-5-17-14-30(15-19(17)12-22)23-4-3-9-36(40)26(23)34-27(30)38/h3-6,9-13,24,40H,7-8,14-16H2,1-2H3,(H,33,37)/t24-,30+/m0/s1. The van der Waals surface area contributed by atoms with Crippen molar-refractivity contribution >= 4 is 29.2 Å².